The summed E-state index contributed by atoms with van der Waals surface area (Å²) in [7, 11) is -2.28. The Labute approximate surface area is 122 Å². The molecular formula is C13H13ClN2O3S. The molecule has 0 aliphatic heterocycles. The van der Waals surface area contributed by atoms with Crippen LogP contribution in [0.15, 0.2) is 47.4 Å². The number of nitrogen functional groups attached to an aromatic ring is 1. The smallest absolute Gasteiger partial charge is 0.262 e. The molecule has 0 radical (unpaired) electrons. The summed E-state index contributed by atoms with van der Waals surface area (Å²) >= 11 is 5.75. The zero-order chi connectivity index (χ0) is 14.8. The highest BCUT2D eigenvalue weighted by Crippen LogP contribution is 2.26. The highest BCUT2D eigenvalue weighted by atomic mass is 35.5. The van der Waals surface area contributed by atoms with Crippen LogP contribution in [-0.2, 0) is 10.0 Å². The van der Waals surface area contributed by atoms with Gasteiger partial charge in [0.25, 0.3) is 10.0 Å². The molecule has 0 atom stereocenters. The third kappa shape index (κ3) is 3.15. The van der Waals surface area contributed by atoms with Crippen LogP contribution in [0.25, 0.3) is 0 Å². The largest absolute Gasteiger partial charge is 0.495 e. The highest BCUT2D eigenvalue weighted by molar-refractivity contribution is 7.92. The van der Waals surface area contributed by atoms with Crippen LogP contribution in [0, 0.1) is 0 Å². The van der Waals surface area contributed by atoms with Gasteiger partial charge >= 0.3 is 0 Å². The Morgan fingerprint density at radius 1 is 1.15 bits per heavy atom. The Kier molecular flexibility index (Phi) is 4.06. The van der Waals surface area contributed by atoms with Crippen molar-refractivity contribution in [1.82, 2.24) is 0 Å². The molecule has 0 aromatic heterocycles. The van der Waals surface area contributed by atoms with Crippen molar-refractivity contribution in [2.75, 3.05) is 17.6 Å². The van der Waals surface area contributed by atoms with Crippen LogP contribution in [0.4, 0.5) is 11.4 Å². The molecule has 2 aromatic rings. The minimum Gasteiger partial charge on any atom is -0.495 e. The molecule has 2 rings (SSSR count). The van der Waals surface area contributed by atoms with Crippen LogP contribution in [-0.4, -0.2) is 15.5 Å². The second kappa shape index (κ2) is 5.60. The molecule has 0 spiro atoms. The Balaban J connectivity index is 2.33. The first-order chi connectivity index (χ1) is 9.42. The van der Waals surface area contributed by atoms with Gasteiger partial charge in [0.05, 0.1) is 17.7 Å². The van der Waals surface area contributed by atoms with Gasteiger partial charge in [-0.15, -0.1) is 0 Å². The van der Waals surface area contributed by atoms with Crippen molar-refractivity contribution in [1.29, 1.82) is 0 Å². The van der Waals surface area contributed by atoms with E-state index in [4.69, 9.17) is 22.1 Å². The number of rotatable bonds is 4. The fourth-order valence-electron chi connectivity index (χ4n) is 1.59. The summed E-state index contributed by atoms with van der Waals surface area (Å²) in [6.07, 6.45) is 0. The van der Waals surface area contributed by atoms with Gasteiger partial charge in [0, 0.05) is 16.8 Å². The zero-order valence-electron chi connectivity index (χ0n) is 10.6. The molecule has 3 N–H and O–H groups in total. The second-order valence-corrected chi connectivity index (χ2v) is 6.13. The molecule has 0 aliphatic rings. The van der Waals surface area contributed by atoms with Crippen molar-refractivity contribution in [3.05, 3.63) is 47.5 Å². The van der Waals surface area contributed by atoms with Crippen molar-refractivity contribution in [3.63, 3.8) is 0 Å². The van der Waals surface area contributed by atoms with Gasteiger partial charge in [0.15, 0.2) is 0 Å². The van der Waals surface area contributed by atoms with E-state index < -0.39 is 10.0 Å². The van der Waals surface area contributed by atoms with Crippen molar-refractivity contribution >= 4 is 33.0 Å². The van der Waals surface area contributed by atoms with Crippen molar-refractivity contribution in [2.45, 2.75) is 4.90 Å². The van der Waals surface area contributed by atoms with Gasteiger partial charge in [-0.1, -0.05) is 11.6 Å². The molecule has 0 heterocycles. The predicted molar refractivity (Wildman–Crippen MR) is 79.7 cm³/mol. The minimum atomic E-state index is -3.70. The first kappa shape index (κ1) is 14.5. The van der Waals surface area contributed by atoms with Gasteiger partial charge < -0.3 is 10.5 Å². The highest BCUT2D eigenvalue weighted by Gasteiger charge is 2.16. The first-order valence-electron chi connectivity index (χ1n) is 5.64. The SMILES string of the molecule is COc1cc(S(=O)(=O)Nc2ccc(Cl)cc2)ccc1N. The standard InChI is InChI=1S/C13H13ClN2O3S/c1-19-13-8-11(6-7-12(13)15)20(17,18)16-10-4-2-9(14)3-5-10/h2-8,16H,15H2,1H3. The van der Waals surface area contributed by atoms with E-state index in [1.807, 2.05) is 0 Å². The number of hydrogen-bond donors (Lipinski definition) is 2. The zero-order valence-corrected chi connectivity index (χ0v) is 12.2. The third-order valence-corrected chi connectivity index (χ3v) is 4.24. The van der Waals surface area contributed by atoms with E-state index >= 15 is 0 Å². The number of nitrogens with two attached hydrogens (primary N) is 1. The molecule has 0 unspecified atom stereocenters. The van der Waals surface area contributed by atoms with E-state index in [0.717, 1.165) is 0 Å². The molecule has 0 saturated carbocycles. The number of anilines is 2. The van der Waals surface area contributed by atoms with Gasteiger partial charge in [0.2, 0.25) is 0 Å². The van der Waals surface area contributed by atoms with Crippen LogP contribution in [0.5, 0.6) is 5.75 Å². The summed E-state index contributed by atoms with van der Waals surface area (Å²) in [4.78, 5) is 0.0681. The van der Waals surface area contributed by atoms with Crippen LogP contribution < -0.4 is 15.2 Å². The molecule has 7 heteroatoms. The maximum absolute atomic E-state index is 12.2. The number of benzene rings is 2. The molecule has 0 aliphatic carbocycles. The number of ether oxygens (including phenoxy) is 1. The van der Waals surface area contributed by atoms with E-state index in [1.165, 1.54) is 25.3 Å². The van der Waals surface area contributed by atoms with Gasteiger partial charge in [0.1, 0.15) is 5.75 Å². The quantitative estimate of drug-likeness (QED) is 0.851. The molecule has 0 amide bonds. The van der Waals surface area contributed by atoms with Crippen LogP contribution >= 0.6 is 11.6 Å². The summed E-state index contributed by atoms with van der Waals surface area (Å²) in [5.74, 6) is 0.309. The third-order valence-electron chi connectivity index (χ3n) is 2.61. The van der Waals surface area contributed by atoms with Crippen molar-refractivity contribution in [2.24, 2.45) is 0 Å². The molecule has 2 aromatic carbocycles. The average Bonchev–Trinajstić information content (AvgIpc) is 2.41. The molecule has 0 bridgehead atoms. The lowest BCUT2D eigenvalue weighted by Crippen LogP contribution is -2.13. The van der Waals surface area contributed by atoms with E-state index in [2.05, 4.69) is 4.72 Å². The van der Waals surface area contributed by atoms with Crippen molar-refractivity contribution in [3.8, 4) is 5.75 Å². The number of hydrogen-bond acceptors (Lipinski definition) is 4. The molecule has 20 heavy (non-hydrogen) atoms. The van der Waals surface area contributed by atoms with E-state index in [1.54, 1.807) is 24.3 Å². The Morgan fingerprint density at radius 2 is 1.80 bits per heavy atom. The van der Waals surface area contributed by atoms with Crippen LogP contribution in [0.3, 0.4) is 0 Å². The fraction of sp³-hybridized carbons (Fsp3) is 0.0769. The molecule has 0 fully saturated rings. The lowest BCUT2D eigenvalue weighted by Gasteiger charge is -2.10. The lowest BCUT2D eigenvalue weighted by atomic mass is 10.3. The second-order valence-electron chi connectivity index (χ2n) is 4.02. The normalized spacial score (nSPS) is 11.1. The Morgan fingerprint density at radius 3 is 2.40 bits per heavy atom. The van der Waals surface area contributed by atoms with Crippen molar-refractivity contribution < 1.29 is 13.2 Å². The van der Waals surface area contributed by atoms with Crippen LogP contribution in [0.2, 0.25) is 5.02 Å². The maximum atomic E-state index is 12.2. The molecular weight excluding hydrogens is 300 g/mol. The summed E-state index contributed by atoms with van der Waals surface area (Å²) < 4.78 is 31.9. The number of nitrogens with one attached hydrogen (secondary N) is 1. The molecule has 5 nitrogen and oxygen atoms in total. The lowest BCUT2D eigenvalue weighted by molar-refractivity contribution is 0.415. The van der Waals surface area contributed by atoms with Gasteiger partial charge in [-0.3, -0.25) is 4.72 Å². The van der Waals surface area contributed by atoms with Gasteiger partial charge in [-0.05, 0) is 36.4 Å². The van der Waals surface area contributed by atoms with Gasteiger partial charge in [-0.25, -0.2) is 8.42 Å². The Hall–Kier alpha value is -1.92. The predicted octanol–water partition coefficient (Wildman–Crippen LogP) is 2.73. The summed E-state index contributed by atoms with van der Waals surface area (Å²) in [6, 6.07) is 10.6. The van der Waals surface area contributed by atoms with E-state index in [0.29, 0.717) is 22.1 Å². The average molecular weight is 313 g/mol. The Bertz CT molecular complexity index is 715. The van der Waals surface area contributed by atoms with E-state index in [-0.39, 0.29) is 4.90 Å². The first-order valence-corrected chi connectivity index (χ1v) is 7.50. The molecule has 0 saturated heterocycles. The summed E-state index contributed by atoms with van der Waals surface area (Å²) in [5.41, 5.74) is 6.45. The molecule has 106 valence electrons. The maximum Gasteiger partial charge on any atom is 0.262 e. The summed E-state index contributed by atoms with van der Waals surface area (Å²) in [5, 5.41) is 0.530. The minimum absolute atomic E-state index is 0.0681. The summed E-state index contributed by atoms with van der Waals surface area (Å²) in [6.45, 7) is 0. The fourth-order valence-corrected chi connectivity index (χ4v) is 2.79. The van der Waals surface area contributed by atoms with Crippen LogP contribution in [0.1, 0.15) is 0 Å². The number of halogens is 1. The number of sulfonamides is 1. The number of methoxy groups -OCH3 is 1. The monoisotopic (exact) mass is 312 g/mol. The van der Waals surface area contributed by atoms with Gasteiger partial charge in [-0.2, -0.15) is 0 Å². The topological polar surface area (TPSA) is 81.4 Å². The van der Waals surface area contributed by atoms with E-state index in [9.17, 15) is 8.42 Å².